The summed E-state index contributed by atoms with van der Waals surface area (Å²) in [7, 11) is 1.79. The van der Waals surface area contributed by atoms with Crippen molar-refractivity contribution in [3.63, 3.8) is 0 Å². The van der Waals surface area contributed by atoms with Gasteiger partial charge in [0.25, 0.3) is 5.91 Å². The number of carbonyl (C=O) groups is 2. The fraction of sp³-hybridized carbons (Fsp3) is 0.250. The third-order valence-corrected chi connectivity index (χ3v) is 5.53. The van der Waals surface area contributed by atoms with E-state index in [1.54, 1.807) is 41.3 Å². The SMILES string of the molecule is CN(Cc1ccccc1)C(=O)CCCN1C(=O)/C(=C\c2ccco2)SC1=S. The molecule has 1 aromatic carbocycles. The van der Waals surface area contributed by atoms with Crippen molar-refractivity contribution in [1.29, 1.82) is 0 Å². The molecule has 2 amide bonds. The zero-order valence-corrected chi connectivity index (χ0v) is 16.6. The summed E-state index contributed by atoms with van der Waals surface area (Å²) in [6.45, 7) is 1.01. The minimum absolute atomic E-state index is 0.0513. The van der Waals surface area contributed by atoms with Gasteiger partial charge in [-0.15, -0.1) is 0 Å². The molecule has 0 aliphatic carbocycles. The number of furan rings is 1. The molecular formula is C20H20N2O3S2. The Kier molecular flexibility index (Phi) is 6.47. The van der Waals surface area contributed by atoms with E-state index in [9.17, 15) is 9.59 Å². The lowest BCUT2D eigenvalue weighted by Gasteiger charge is -2.18. The summed E-state index contributed by atoms with van der Waals surface area (Å²) in [5, 5.41) is 0. The molecule has 0 bridgehead atoms. The number of carbonyl (C=O) groups excluding carboxylic acids is 2. The molecule has 0 saturated carbocycles. The molecule has 1 aromatic heterocycles. The van der Waals surface area contributed by atoms with Crippen molar-refractivity contribution in [1.82, 2.24) is 9.80 Å². The van der Waals surface area contributed by atoms with Crippen LogP contribution < -0.4 is 0 Å². The van der Waals surface area contributed by atoms with Crippen LogP contribution in [0.25, 0.3) is 6.08 Å². The highest BCUT2D eigenvalue weighted by molar-refractivity contribution is 8.26. The third kappa shape index (κ3) is 5.08. The van der Waals surface area contributed by atoms with Crippen LogP contribution in [0.5, 0.6) is 0 Å². The van der Waals surface area contributed by atoms with Crippen LogP contribution >= 0.6 is 24.0 Å². The van der Waals surface area contributed by atoms with Crippen molar-refractivity contribution >= 4 is 46.2 Å². The number of thioether (sulfide) groups is 1. The maximum Gasteiger partial charge on any atom is 0.266 e. The predicted molar refractivity (Wildman–Crippen MR) is 111 cm³/mol. The lowest BCUT2D eigenvalue weighted by molar-refractivity contribution is -0.131. The van der Waals surface area contributed by atoms with Gasteiger partial charge in [0.2, 0.25) is 5.91 Å². The molecule has 1 fully saturated rings. The molecule has 0 unspecified atom stereocenters. The van der Waals surface area contributed by atoms with Gasteiger partial charge >= 0.3 is 0 Å². The Morgan fingerprint density at radius 3 is 2.74 bits per heavy atom. The van der Waals surface area contributed by atoms with Crippen LogP contribution in [0.1, 0.15) is 24.2 Å². The van der Waals surface area contributed by atoms with Gasteiger partial charge in [0.1, 0.15) is 10.1 Å². The Hall–Kier alpha value is -2.38. The van der Waals surface area contributed by atoms with Gasteiger partial charge in [-0.05, 0) is 24.1 Å². The second-order valence-electron chi connectivity index (χ2n) is 6.19. The summed E-state index contributed by atoms with van der Waals surface area (Å²) in [6.07, 6.45) is 4.19. The number of hydrogen-bond donors (Lipinski definition) is 0. The first-order valence-corrected chi connectivity index (χ1v) is 9.84. The van der Waals surface area contributed by atoms with E-state index < -0.39 is 0 Å². The van der Waals surface area contributed by atoms with Gasteiger partial charge in [-0.25, -0.2) is 0 Å². The maximum absolute atomic E-state index is 12.5. The minimum Gasteiger partial charge on any atom is -0.465 e. The molecule has 0 radical (unpaired) electrons. The summed E-state index contributed by atoms with van der Waals surface area (Å²) in [4.78, 5) is 28.6. The van der Waals surface area contributed by atoms with Gasteiger partial charge in [0.15, 0.2) is 0 Å². The molecule has 0 spiro atoms. The van der Waals surface area contributed by atoms with E-state index in [1.807, 2.05) is 30.3 Å². The van der Waals surface area contributed by atoms with Crippen LogP contribution in [0.3, 0.4) is 0 Å². The highest BCUT2D eigenvalue weighted by atomic mass is 32.2. The number of rotatable bonds is 7. The van der Waals surface area contributed by atoms with Gasteiger partial charge in [-0.1, -0.05) is 54.3 Å². The van der Waals surface area contributed by atoms with Crippen molar-refractivity contribution in [2.45, 2.75) is 19.4 Å². The first-order valence-electron chi connectivity index (χ1n) is 8.61. The smallest absolute Gasteiger partial charge is 0.266 e. The molecule has 2 heterocycles. The van der Waals surface area contributed by atoms with Gasteiger partial charge in [0, 0.05) is 32.6 Å². The van der Waals surface area contributed by atoms with Crippen molar-refractivity contribution in [3.05, 3.63) is 65.0 Å². The average Bonchev–Trinajstić information content (AvgIpc) is 3.26. The number of thiocarbonyl (C=S) groups is 1. The maximum atomic E-state index is 12.5. The Bertz CT molecular complexity index is 847. The van der Waals surface area contributed by atoms with Gasteiger partial charge in [-0.3, -0.25) is 14.5 Å². The van der Waals surface area contributed by atoms with Crippen molar-refractivity contribution in [3.8, 4) is 0 Å². The standard InChI is InChI=1S/C20H20N2O3S2/c1-21(14-15-7-3-2-4-8-15)18(23)10-5-11-22-19(24)17(27-20(22)26)13-16-9-6-12-25-16/h2-4,6-9,12-13H,5,10-11,14H2,1H3/b17-13+. The first kappa shape index (κ1) is 19.4. The highest BCUT2D eigenvalue weighted by Crippen LogP contribution is 2.32. The molecule has 1 aliphatic heterocycles. The van der Waals surface area contributed by atoms with Crippen molar-refractivity contribution < 1.29 is 14.0 Å². The largest absolute Gasteiger partial charge is 0.465 e. The molecule has 27 heavy (non-hydrogen) atoms. The fourth-order valence-electron chi connectivity index (χ4n) is 2.72. The number of benzene rings is 1. The van der Waals surface area contributed by atoms with E-state index >= 15 is 0 Å². The molecule has 1 saturated heterocycles. The second kappa shape index (κ2) is 9.01. The summed E-state index contributed by atoms with van der Waals surface area (Å²) in [5.41, 5.74) is 1.09. The third-order valence-electron chi connectivity index (χ3n) is 4.15. The van der Waals surface area contributed by atoms with Crippen LogP contribution in [-0.2, 0) is 16.1 Å². The minimum atomic E-state index is -0.133. The fourth-order valence-corrected chi connectivity index (χ4v) is 4.01. The molecule has 5 nitrogen and oxygen atoms in total. The monoisotopic (exact) mass is 400 g/mol. The molecule has 1 aliphatic rings. The topological polar surface area (TPSA) is 53.8 Å². The summed E-state index contributed by atoms with van der Waals surface area (Å²) in [6, 6.07) is 13.4. The molecule has 3 rings (SSSR count). The van der Waals surface area contributed by atoms with Crippen LogP contribution in [0.4, 0.5) is 0 Å². The van der Waals surface area contributed by atoms with E-state index in [-0.39, 0.29) is 11.8 Å². The number of hydrogen-bond acceptors (Lipinski definition) is 5. The normalized spacial score (nSPS) is 15.6. The van der Waals surface area contributed by atoms with Crippen molar-refractivity contribution in [2.75, 3.05) is 13.6 Å². The van der Waals surface area contributed by atoms with Crippen LogP contribution in [-0.4, -0.2) is 39.5 Å². The lowest BCUT2D eigenvalue weighted by Crippen LogP contribution is -2.31. The molecule has 2 aromatic rings. The molecule has 140 valence electrons. The van der Waals surface area contributed by atoms with E-state index in [4.69, 9.17) is 16.6 Å². The van der Waals surface area contributed by atoms with E-state index in [1.165, 1.54) is 11.8 Å². The summed E-state index contributed by atoms with van der Waals surface area (Å²) >= 11 is 6.57. The highest BCUT2D eigenvalue weighted by Gasteiger charge is 2.31. The lowest BCUT2D eigenvalue weighted by atomic mass is 10.2. The number of amides is 2. The van der Waals surface area contributed by atoms with E-state index in [2.05, 4.69) is 0 Å². The van der Waals surface area contributed by atoms with Crippen LogP contribution in [0.2, 0.25) is 0 Å². The van der Waals surface area contributed by atoms with Gasteiger partial charge in [-0.2, -0.15) is 0 Å². The quantitative estimate of drug-likeness (QED) is 0.521. The van der Waals surface area contributed by atoms with Gasteiger partial charge in [0.05, 0.1) is 11.2 Å². The Balaban J connectivity index is 1.49. The Labute approximate surface area is 168 Å². The summed E-state index contributed by atoms with van der Waals surface area (Å²) in [5.74, 6) is 0.537. The molecule has 0 N–H and O–H groups in total. The van der Waals surface area contributed by atoms with Crippen LogP contribution in [0.15, 0.2) is 58.1 Å². The predicted octanol–water partition coefficient (Wildman–Crippen LogP) is 3.92. The molecule has 7 heteroatoms. The number of nitrogens with zero attached hydrogens (tertiary/aromatic N) is 2. The Morgan fingerprint density at radius 2 is 2.04 bits per heavy atom. The van der Waals surface area contributed by atoms with Crippen LogP contribution in [0, 0.1) is 0 Å². The summed E-state index contributed by atoms with van der Waals surface area (Å²) < 4.78 is 5.76. The van der Waals surface area contributed by atoms with E-state index in [0.29, 0.717) is 40.9 Å². The van der Waals surface area contributed by atoms with Gasteiger partial charge < -0.3 is 9.32 Å². The Morgan fingerprint density at radius 1 is 1.26 bits per heavy atom. The zero-order valence-electron chi connectivity index (χ0n) is 15.0. The zero-order chi connectivity index (χ0) is 19.2. The molecular weight excluding hydrogens is 380 g/mol. The average molecular weight is 401 g/mol. The first-order chi connectivity index (χ1) is 13.0. The second-order valence-corrected chi connectivity index (χ2v) is 7.86. The van der Waals surface area contributed by atoms with E-state index in [0.717, 1.165) is 5.56 Å². The van der Waals surface area contributed by atoms with Crippen molar-refractivity contribution in [2.24, 2.45) is 0 Å². The molecule has 0 atom stereocenters.